The van der Waals surface area contributed by atoms with Gasteiger partial charge in [-0.25, -0.2) is 4.79 Å². The third kappa shape index (κ3) is 5.37. The number of likely N-dealkylation sites (tertiary alicyclic amines) is 1. The highest BCUT2D eigenvalue weighted by Crippen LogP contribution is 2.43. The lowest BCUT2D eigenvalue weighted by Gasteiger charge is -2.28. The fourth-order valence-electron chi connectivity index (χ4n) is 3.91. The largest absolute Gasteiger partial charge is 0.493 e. The molecule has 1 atom stereocenters. The molecule has 3 rings (SSSR count). The number of hydrogen-bond donors (Lipinski definition) is 0. The Morgan fingerprint density at radius 1 is 1.15 bits per heavy atom. The zero-order valence-corrected chi connectivity index (χ0v) is 19.4. The minimum atomic E-state index is -3.92. The molecule has 1 aromatic carbocycles. The maximum Gasteiger partial charge on any atom is 0.350 e. The number of ether oxygens (including phenoxy) is 4. The summed E-state index contributed by atoms with van der Waals surface area (Å²) in [6.45, 7) is 0.157. The molecule has 1 amide bonds. The topological polar surface area (TPSA) is 87.2 Å². The van der Waals surface area contributed by atoms with Crippen molar-refractivity contribution >= 4 is 11.9 Å². The lowest BCUT2D eigenvalue weighted by atomic mass is 10.0. The van der Waals surface area contributed by atoms with E-state index in [2.05, 4.69) is 4.98 Å². The zero-order chi connectivity index (χ0) is 24.7. The Labute approximate surface area is 196 Å². The fraction of sp³-hybridized carbons (Fsp3) is 0.458. The molecule has 0 bridgehead atoms. The molecule has 0 radical (unpaired) electrons. The molecule has 0 N–H and O–H groups in total. The number of amides is 1. The molecular weight excluding hydrogens is 450 g/mol. The number of nitrogens with zero attached hydrogens (tertiary/aromatic N) is 2. The zero-order valence-electron chi connectivity index (χ0n) is 19.4. The molecule has 0 unspecified atom stereocenters. The normalized spacial score (nSPS) is 15.7. The molecule has 1 fully saturated rings. The Morgan fingerprint density at radius 2 is 1.85 bits per heavy atom. The van der Waals surface area contributed by atoms with Gasteiger partial charge in [0.15, 0.2) is 11.5 Å². The van der Waals surface area contributed by atoms with Crippen molar-refractivity contribution in [3.8, 4) is 17.2 Å². The molecule has 1 aliphatic rings. The number of rotatable bonds is 10. The number of benzene rings is 1. The van der Waals surface area contributed by atoms with Crippen molar-refractivity contribution in [2.45, 2.75) is 37.6 Å². The molecule has 1 aliphatic heterocycles. The van der Waals surface area contributed by atoms with Crippen molar-refractivity contribution in [1.29, 1.82) is 0 Å². The number of esters is 1. The van der Waals surface area contributed by atoms with Crippen molar-refractivity contribution in [3.05, 3.63) is 47.8 Å². The number of carbonyl (C=O) groups excluding carboxylic acids is 2. The summed E-state index contributed by atoms with van der Waals surface area (Å²) in [7, 11) is 3.93. The molecule has 2 aromatic rings. The lowest BCUT2D eigenvalue weighted by molar-refractivity contribution is -0.166. The van der Waals surface area contributed by atoms with E-state index in [1.165, 1.54) is 21.3 Å². The summed E-state index contributed by atoms with van der Waals surface area (Å²) in [5, 5.41) is 0. The summed E-state index contributed by atoms with van der Waals surface area (Å²) in [5.74, 6) is -5.96. The van der Waals surface area contributed by atoms with Gasteiger partial charge in [0, 0.05) is 24.5 Å². The fourth-order valence-corrected chi connectivity index (χ4v) is 3.91. The van der Waals surface area contributed by atoms with Crippen LogP contribution in [0.15, 0.2) is 36.7 Å². The van der Waals surface area contributed by atoms with Gasteiger partial charge < -0.3 is 23.8 Å². The number of pyridine rings is 1. The van der Waals surface area contributed by atoms with Crippen LogP contribution in [-0.2, 0) is 26.7 Å². The van der Waals surface area contributed by atoms with Crippen molar-refractivity contribution in [2.75, 3.05) is 34.5 Å². The van der Waals surface area contributed by atoms with E-state index in [1.807, 2.05) is 12.1 Å². The first-order valence-electron chi connectivity index (χ1n) is 10.9. The van der Waals surface area contributed by atoms with E-state index >= 15 is 8.78 Å². The van der Waals surface area contributed by atoms with Crippen molar-refractivity contribution < 1.29 is 37.3 Å². The summed E-state index contributed by atoms with van der Waals surface area (Å²) in [5.41, 5.74) is 0.378. The van der Waals surface area contributed by atoms with Crippen LogP contribution in [0.2, 0.25) is 0 Å². The van der Waals surface area contributed by atoms with E-state index in [1.54, 1.807) is 12.4 Å². The van der Waals surface area contributed by atoms with E-state index in [0.717, 1.165) is 22.6 Å². The van der Waals surface area contributed by atoms with Gasteiger partial charge >= 0.3 is 11.9 Å². The van der Waals surface area contributed by atoms with Gasteiger partial charge in [-0.15, -0.1) is 0 Å². The van der Waals surface area contributed by atoms with E-state index in [9.17, 15) is 9.59 Å². The Hall–Kier alpha value is -3.43. The Balaban J connectivity index is 1.69. The van der Waals surface area contributed by atoms with Crippen LogP contribution in [0.25, 0.3) is 0 Å². The second kappa shape index (κ2) is 11.1. The third-order valence-electron chi connectivity index (χ3n) is 5.66. The highest BCUT2D eigenvalue weighted by atomic mass is 19.3. The van der Waals surface area contributed by atoms with Crippen LogP contribution in [0.5, 0.6) is 17.2 Å². The Kier molecular flexibility index (Phi) is 8.25. The summed E-state index contributed by atoms with van der Waals surface area (Å²) in [6.07, 6.45) is 5.30. The molecule has 34 heavy (non-hydrogen) atoms. The Morgan fingerprint density at radius 3 is 2.44 bits per heavy atom. The Bertz CT molecular complexity index is 977. The molecule has 1 saturated heterocycles. The van der Waals surface area contributed by atoms with Crippen LogP contribution in [0.3, 0.4) is 0 Å². The number of aryl methyl sites for hydroxylation is 1. The minimum absolute atomic E-state index is 0.00433. The van der Waals surface area contributed by atoms with Crippen LogP contribution >= 0.6 is 0 Å². The average molecular weight is 478 g/mol. The van der Waals surface area contributed by atoms with Gasteiger partial charge in [0.05, 0.1) is 27.9 Å². The summed E-state index contributed by atoms with van der Waals surface area (Å²) < 4.78 is 51.3. The number of carbonyl (C=O) groups is 2. The first-order chi connectivity index (χ1) is 16.3. The third-order valence-corrected chi connectivity index (χ3v) is 5.66. The first-order valence-corrected chi connectivity index (χ1v) is 10.9. The second-order valence-electron chi connectivity index (χ2n) is 7.78. The van der Waals surface area contributed by atoms with Gasteiger partial charge in [-0.2, -0.15) is 8.78 Å². The summed E-state index contributed by atoms with van der Waals surface area (Å²) in [6, 6.07) is 4.73. The summed E-state index contributed by atoms with van der Waals surface area (Å²) >= 11 is 0. The minimum Gasteiger partial charge on any atom is -0.493 e. The van der Waals surface area contributed by atoms with Gasteiger partial charge in [-0.3, -0.25) is 9.78 Å². The van der Waals surface area contributed by atoms with Crippen molar-refractivity contribution in [3.63, 3.8) is 0 Å². The predicted molar refractivity (Wildman–Crippen MR) is 118 cm³/mol. The molecule has 1 aromatic heterocycles. The van der Waals surface area contributed by atoms with Gasteiger partial charge in [-0.05, 0) is 49.4 Å². The standard InChI is InChI=1S/C24H28F2N2O6/c1-31-19-13-17(14-20(32-2)21(19)33-3)24(25,26)23(30)28-11-5-9-18(28)22(29)34-12-6-8-16-7-4-10-27-15-16/h4,7,10,13-15,18H,5-6,8-9,11-12H2,1-3H3/t18-/m0/s1. The molecule has 2 heterocycles. The van der Waals surface area contributed by atoms with Crippen LogP contribution in [0.1, 0.15) is 30.4 Å². The van der Waals surface area contributed by atoms with Crippen LogP contribution in [0.4, 0.5) is 8.78 Å². The molecular formula is C24H28F2N2O6. The van der Waals surface area contributed by atoms with E-state index in [0.29, 0.717) is 19.3 Å². The molecule has 10 heteroatoms. The smallest absolute Gasteiger partial charge is 0.350 e. The molecule has 0 saturated carbocycles. The van der Waals surface area contributed by atoms with Crippen LogP contribution in [0, 0.1) is 0 Å². The maximum atomic E-state index is 15.3. The van der Waals surface area contributed by atoms with Gasteiger partial charge in [0.25, 0.3) is 5.91 Å². The monoisotopic (exact) mass is 478 g/mol. The molecule has 0 aliphatic carbocycles. The van der Waals surface area contributed by atoms with Gasteiger partial charge in [0.1, 0.15) is 6.04 Å². The van der Waals surface area contributed by atoms with Gasteiger partial charge in [-0.1, -0.05) is 6.07 Å². The van der Waals surface area contributed by atoms with Crippen molar-refractivity contribution in [2.24, 2.45) is 0 Å². The predicted octanol–water partition coefficient (Wildman–Crippen LogP) is 3.37. The number of hydrogen-bond acceptors (Lipinski definition) is 7. The number of methoxy groups -OCH3 is 3. The molecule has 184 valence electrons. The lowest BCUT2D eigenvalue weighted by Crippen LogP contribution is -2.47. The van der Waals surface area contributed by atoms with Crippen LogP contribution in [-0.4, -0.2) is 62.3 Å². The van der Waals surface area contributed by atoms with E-state index in [4.69, 9.17) is 18.9 Å². The number of halogens is 2. The molecule has 8 nitrogen and oxygen atoms in total. The molecule has 0 spiro atoms. The van der Waals surface area contributed by atoms with Crippen molar-refractivity contribution in [1.82, 2.24) is 9.88 Å². The highest BCUT2D eigenvalue weighted by Gasteiger charge is 2.49. The number of aromatic nitrogens is 1. The maximum absolute atomic E-state index is 15.3. The second-order valence-corrected chi connectivity index (χ2v) is 7.78. The quantitative estimate of drug-likeness (QED) is 0.382. The SMILES string of the molecule is COc1cc(C(F)(F)C(=O)N2CCC[C@H]2C(=O)OCCCc2cccnc2)cc(OC)c1OC. The number of alkyl halides is 2. The average Bonchev–Trinajstić information content (AvgIpc) is 3.35. The van der Waals surface area contributed by atoms with Crippen LogP contribution < -0.4 is 14.2 Å². The first kappa shape index (κ1) is 25.2. The summed E-state index contributed by atoms with van der Waals surface area (Å²) in [4.78, 5) is 30.4. The van der Waals surface area contributed by atoms with E-state index < -0.39 is 29.4 Å². The van der Waals surface area contributed by atoms with Gasteiger partial charge in [0.2, 0.25) is 5.75 Å². The highest BCUT2D eigenvalue weighted by molar-refractivity contribution is 5.90. The van der Waals surface area contributed by atoms with E-state index in [-0.39, 0.29) is 36.8 Å².